The molecule has 104 valence electrons. The number of urea groups is 1. The summed E-state index contributed by atoms with van der Waals surface area (Å²) >= 11 is 0. The van der Waals surface area contributed by atoms with Crippen LogP contribution >= 0.6 is 0 Å². The zero-order valence-electron chi connectivity index (χ0n) is 10.2. The Morgan fingerprint density at radius 2 is 1.89 bits per heavy atom. The fourth-order valence-electron chi connectivity index (χ4n) is 1.36. The molecule has 0 aromatic carbocycles. The van der Waals surface area contributed by atoms with Crippen molar-refractivity contribution in [2.45, 2.75) is 6.54 Å². The van der Waals surface area contributed by atoms with E-state index < -0.39 is 31.1 Å². The summed E-state index contributed by atoms with van der Waals surface area (Å²) in [6, 6.07) is -0.771. The first-order valence-electron chi connectivity index (χ1n) is 5.32. The van der Waals surface area contributed by atoms with Gasteiger partial charge in [-0.1, -0.05) is 0 Å². The SMILES string of the molecule is Cn1ccnc1CNC(=O)N(CC(=O)O)CC(=O)O. The summed E-state index contributed by atoms with van der Waals surface area (Å²) in [7, 11) is 1.74. The Kier molecular flexibility index (Phi) is 4.86. The van der Waals surface area contributed by atoms with Crippen molar-refractivity contribution < 1.29 is 24.6 Å². The molecule has 1 aromatic rings. The summed E-state index contributed by atoms with van der Waals surface area (Å²) in [4.78, 5) is 37.4. The number of carboxylic acids is 2. The lowest BCUT2D eigenvalue weighted by Crippen LogP contribution is -2.45. The molecule has 1 aromatic heterocycles. The molecule has 2 amide bonds. The van der Waals surface area contributed by atoms with Gasteiger partial charge in [0.1, 0.15) is 18.9 Å². The molecule has 0 saturated carbocycles. The van der Waals surface area contributed by atoms with Crippen LogP contribution in [0.2, 0.25) is 0 Å². The lowest BCUT2D eigenvalue weighted by Gasteiger charge is -2.18. The van der Waals surface area contributed by atoms with Crippen molar-refractivity contribution in [3.8, 4) is 0 Å². The molecular formula is C10H14N4O5. The zero-order chi connectivity index (χ0) is 14.4. The van der Waals surface area contributed by atoms with Crippen LogP contribution in [-0.4, -0.2) is 55.7 Å². The summed E-state index contributed by atoms with van der Waals surface area (Å²) in [5, 5.41) is 19.6. The third kappa shape index (κ3) is 4.66. The molecule has 0 aliphatic rings. The van der Waals surface area contributed by atoms with E-state index in [0.717, 1.165) is 0 Å². The molecule has 9 nitrogen and oxygen atoms in total. The smallest absolute Gasteiger partial charge is 0.323 e. The zero-order valence-corrected chi connectivity index (χ0v) is 10.2. The van der Waals surface area contributed by atoms with Crippen molar-refractivity contribution in [3.63, 3.8) is 0 Å². The van der Waals surface area contributed by atoms with Crippen molar-refractivity contribution >= 4 is 18.0 Å². The van der Waals surface area contributed by atoms with Gasteiger partial charge in [0.05, 0.1) is 6.54 Å². The first-order chi connectivity index (χ1) is 8.90. The summed E-state index contributed by atoms with van der Waals surface area (Å²) in [5.41, 5.74) is 0. The predicted molar refractivity (Wildman–Crippen MR) is 62.3 cm³/mol. The van der Waals surface area contributed by atoms with Crippen molar-refractivity contribution in [1.29, 1.82) is 0 Å². The number of hydrogen-bond acceptors (Lipinski definition) is 4. The van der Waals surface area contributed by atoms with Gasteiger partial charge in [-0.3, -0.25) is 9.59 Å². The van der Waals surface area contributed by atoms with Gasteiger partial charge in [0.2, 0.25) is 0 Å². The molecule has 0 spiro atoms. The van der Waals surface area contributed by atoms with Crippen LogP contribution in [0, 0.1) is 0 Å². The highest BCUT2D eigenvalue weighted by Crippen LogP contribution is 1.95. The van der Waals surface area contributed by atoms with E-state index in [-0.39, 0.29) is 6.54 Å². The first-order valence-corrected chi connectivity index (χ1v) is 5.32. The fourth-order valence-corrected chi connectivity index (χ4v) is 1.36. The van der Waals surface area contributed by atoms with E-state index in [9.17, 15) is 14.4 Å². The minimum absolute atomic E-state index is 0.0814. The number of hydrogen-bond donors (Lipinski definition) is 3. The Labute approximate surface area is 108 Å². The van der Waals surface area contributed by atoms with Gasteiger partial charge < -0.3 is 25.0 Å². The molecular weight excluding hydrogens is 256 g/mol. The molecule has 0 unspecified atom stereocenters. The van der Waals surface area contributed by atoms with Gasteiger partial charge in [-0.25, -0.2) is 9.78 Å². The number of nitrogens with zero attached hydrogens (tertiary/aromatic N) is 3. The van der Waals surface area contributed by atoms with Crippen molar-refractivity contribution in [3.05, 3.63) is 18.2 Å². The molecule has 0 aliphatic carbocycles. The summed E-state index contributed by atoms with van der Waals surface area (Å²) in [6.45, 7) is -1.28. The number of carbonyl (C=O) groups is 3. The van der Waals surface area contributed by atoms with E-state index in [1.165, 1.54) is 0 Å². The summed E-state index contributed by atoms with van der Waals surface area (Å²) in [6.07, 6.45) is 3.24. The minimum atomic E-state index is -1.28. The van der Waals surface area contributed by atoms with Crippen LogP contribution in [-0.2, 0) is 23.2 Å². The number of amides is 2. The molecule has 19 heavy (non-hydrogen) atoms. The van der Waals surface area contributed by atoms with Gasteiger partial charge in [0.25, 0.3) is 0 Å². The molecule has 0 bridgehead atoms. The van der Waals surface area contributed by atoms with Crippen LogP contribution in [0.5, 0.6) is 0 Å². The minimum Gasteiger partial charge on any atom is -0.480 e. The number of aliphatic carboxylic acids is 2. The fraction of sp³-hybridized carbons (Fsp3) is 0.400. The average molecular weight is 270 g/mol. The molecule has 0 radical (unpaired) electrons. The second kappa shape index (κ2) is 6.38. The van der Waals surface area contributed by atoms with Crippen molar-refractivity contribution in [2.24, 2.45) is 7.05 Å². The lowest BCUT2D eigenvalue weighted by molar-refractivity contribution is -0.140. The molecule has 0 aliphatic heterocycles. The quantitative estimate of drug-likeness (QED) is 0.615. The number of imidazole rings is 1. The second-order valence-electron chi connectivity index (χ2n) is 3.76. The molecule has 0 fully saturated rings. The molecule has 9 heteroatoms. The average Bonchev–Trinajstić information content (AvgIpc) is 2.69. The molecule has 0 saturated heterocycles. The van der Waals surface area contributed by atoms with E-state index in [0.29, 0.717) is 10.7 Å². The lowest BCUT2D eigenvalue weighted by atomic mass is 10.4. The topological polar surface area (TPSA) is 125 Å². The monoisotopic (exact) mass is 270 g/mol. The van der Waals surface area contributed by atoms with E-state index in [4.69, 9.17) is 10.2 Å². The maximum Gasteiger partial charge on any atom is 0.323 e. The van der Waals surface area contributed by atoms with E-state index in [1.54, 1.807) is 24.0 Å². The van der Waals surface area contributed by atoms with Gasteiger partial charge in [-0.05, 0) is 0 Å². The number of aryl methyl sites for hydroxylation is 1. The van der Waals surface area contributed by atoms with E-state index >= 15 is 0 Å². The molecule has 1 rings (SSSR count). The highest BCUT2D eigenvalue weighted by molar-refractivity contribution is 5.83. The van der Waals surface area contributed by atoms with Crippen molar-refractivity contribution in [2.75, 3.05) is 13.1 Å². The van der Waals surface area contributed by atoms with Gasteiger partial charge in [-0.2, -0.15) is 0 Å². The van der Waals surface area contributed by atoms with Gasteiger partial charge in [0, 0.05) is 19.4 Å². The Morgan fingerprint density at radius 3 is 2.32 bits per heavy atom. The largest absolute Gasteiger partial charge is 0.480 e. The van der Waals surface area contributed by atoms with Crippen molar-refractivity contribution in [1.82, 2.24) is 19.8 Å². The third-order valence-corrected chi connectivity index (χ3v) is 2.26. The van der Waals surface area contributed by atoms with Crippen LogP contribution in [0.4, 0.5) is 4.79 Å². The number of aromatic nitrogens is 2. The Morgan fingerprint density at radius 1 is 1.32 bits per heavy atom. The Hall–Kier alpha value is -2.58. The Balaban J connectivity index is 2.58. The second-order valence-corrected chi connectivity index (χ2v) is 3.76. The number of carboxylic acid groups (broad SMARTS) is 2. The normalized spacial score (nSPS) is 9.95. The van der Waals surface area contributed by atoms with Crippen LogP contribution in [0.25, 0.3) is 0 Å². The third-order valence-electron chi connectivity index (χ3n) is 2.26. The van der Waals surface area contributed by atoms with Crippen LogP contribution in [0.15, 0.2) is 12.4 Å². The highest BCUT2D eigenvalue weighted by atomic mass is 16.4. The summed E-state index contributed by atoms with van der Waals surface area (Å²) < 4.78 is 1.68. The number of carbonyl (C=O) groups excluding carboxylic acids is 1. The van der Waals surface area contributed by atoms with Gasteiger partial charge >= 0.3 is 18.0 Å². The number of nitrogens with one attached hydrogen (secondary N) is 1. The molecule has 0 atom stereocenters. The van der Waals surface area contributed by atoms with Crippen LogP contribution in [0.3, 0.4) is 0 Å². The molecule has 1 heterocycles. The maximum absolute atomic E-state index is 11.7. The standard InChI is InChI=1S/C10H14N4O5/c1-13-3-2-11-7(13)4-12-10(19)14(5-8(15)16)6-9(17)18/h2-3H,4-6H2,1H3,(H,12,19)(H,15,16)(H,17,18). The van der Waals surface area contributed by atoms with Gasteiger partial charge in [-0.15, -0.1) is 0 Å². The Bertz CT molecular complexity index is 468. The van der Waals surface area contributed by atoms with Crippen LogP contribution in [0.1, 0.15) is 5.82 Å². The maximum atomic E-state index is 11.7. The van der Waals surface area contributed by atoms with Crippen LogP contribution < -0.4 is 5.32 Å². The first kappa shape index (κ1) is 14.5. The van der Waals surface area contributed by atoms with Gasteiger partial charge in [0.15, 0.2) is 0 Å². The predicted octanol–water partition coefficient (Wildman–Crippen LogP) is -0.899. The van der Waals surface area contributed by atoms with E-state index in [1.807, 2.05) is 0 Å². The van der Waals surface area contributed by atoms with E-state index in [2.05, 4.69) is 10.3 Å². The number of rotatable bonds is 6. The highest BCUT2D eigenvalue weighted by Gasteiger charge is 2.19. The molecule has 3 N–H and O–H groups in total. The summed E-state index contributed by atoms with van der Waals surface area (Å²) in [5.74, 6) is -2.00.